The van der Waals surface area contributed by atoms with Crippen LogP contribution in [0.25, 0.3) is 16.7 Å². The van der Waals surface area contributed by atoms with Crippen LogP contribution in [0.3, 0.4) is 0 Å². The van der Waals surface area contributed by atoms with Gasteiger partial charge in [-0.15, -0.1) is 0 Å². The second-order valence-corrected chi connectivity index (χ2v) is 7.89. The lowest BCUT2D eigenvalue weighted by atomic mass is 10.1. The van der Waals surface area contributed by atoms with Crippen molar-refractivity contribution in [1.29, 1.82) is 0 Å². The molecule has 2 N–H and O–H groups in total. The van der Waals surface area contributed by atoms with E-state index in [9.17, 15) is 4.79 Å². The van der Waals surface area contributed by atoms with Gasteiger partial charge in [-0.2, -0.15) is 0 Å². The highest BCUT2D eigenvalue weighted by Crippen LogP contribution is 2.27. The van der Waals surface area contributed by atoms with E-state index in [1.807, 2.05) is 96.4 Å². The monoisotopic (exact) mass is 432 g/mol. The van der Waals surface area contributed by atoms with Gasteiger partial charge in [-0.05, 0) is 42.8 Å². The molecule has 5 rings (SSSR count). The fraction of sp³-hybridized carbons (Fsp3) is 0.0714. The van der Waals surface area contributed by atoms with Crippen molar-refractivity contribution < 1.29 is 0 Å². The molecular weight excluding hydrogens is 408 g/mol. The standard InChI is InChI=1S/C28H24N4O/c1-20-25(29-19-21-11-5-2-6-12-21)17-24-26(33)18-27(31-22-13-7-3-8-14-22)32(28(24)30-20)23-15-9-4-10-16-23/h2-18,29,31H,19H2,1H3. The maximum absolute atomic E-state index is 13.2. The van der Waals surface area contributed by atoms with Gasteiger partial charge in [0.25, 0.3) is 0 Å². The molecule has 0 aliphatic carbocycles. The van der Waals surface area contributed by atoms with Crippen molar-refractivity contribution in [3.05, 3.63) is 125 Å². The fourth-order valence-corrected chi connectivity index (χ4v) is 3.90. The molecule has 2 aromatic heterocycles. The van der Waals surface area contributed by atoms with Gasteiger partial charge in [0.1, 0.15) is 11.5 Å². The minimum Gasteiger partial charge on any atom is -0.379 e. The lowest BCUT2D eigenvalue weighted by molar-refractivity contribution is 1.05. The molecule has 0 saturated carbocycles. The summed E-state index contributed by atoms with van der Waals surface area (Å²) in [6, 6.07) is 33.5. The number of fused-ring (bicyclic) bond motifs is 1. The van der Waals surface area contributed by atoms with Crippen LogP contribution < -0.4 is 16.1 Å². The number of nitrogens with zero attached hydrogens (tertiary/aromatic N) is 2. The normalized spacial score (nSPS) is 10.8. The molecule has 162 valence electrons. The number of anilines is 3. The van der Waals surface area contributed by atoms with Crippen LogP contribution in [0.1, 0.15) is 11.3 Å². The van der Waals surface area contributed by atoms with E-state index in [0.717, 1.165) is 22.8 Å². The molecule has 3 aromatic carbocycles. The molecule has 0 bridgehead atoms. The third kappa shape index (κ3) is 4.34. The van der Waals surface area contributed by atoms with E-state index in [-0.39, 0.29) is 5.43 Å². The van der Waals surface area contributed by atoms with E-state index < -0.39 is 0 Å². The molecule has 0 spiro atoms. The van der Waals surface area contributed by atoms with E-state index in [0.29, 0.717) is 23.4 Å². The summed E-state index contributed by atoms with van der Waals surface area (Å²) < 4.78 is 2.00. The van der Waals surface area contributed by atoms with Crippen molar-refractivity contribution in [2.75, 3.05) is 10.6 Å². The number of rotatable bonds is 6. The van der Waals surface area contributed by atoms with E-state index in [2.05, 4.69) is 22.8 Å². The molecule has 0 saturated heterocycles. The first kappa shape index (κ1) is 20.5. The smallest absolute Gasteiger partial charge is 0.193 e. The van der Waals surface area contributed by atoms with Crippen molar-refractivity contribution in [3.63, 3.8) is 0 Å². The first-order chi connectivity index (χ1) is 16.2. The molecule has 0 unspecified atom stereocenters. The van der Waals surface area contributed by atoms with Gasteiger partial charge in [0.05, 0.1) is 16.8 Å². The molecule has 33 heavy (non-hydrogen) atoms. The Hall–Kier alpha value is -4.38. The van der Waals surface area contributed by atoms with Gasteiger partial charge in [-0.25, -0.2) is 4.98 Å². The Morgan fingerprint density at radius 3 is 2.15 bits per heavy atom. The summed E-state index contributed by atoms with van der Waals surface area (Å²) in [5.74, 6) is 0.668. The van der Waals surface area contributed by atoms with Crippen molar-refractivity contribution in [2.24, 2.45) is 0 Å². The number of aryl methyl sites for hydroxylation is 1. The van der Waals surface area contributed by atoms with Gasteiger partial charge < -0.3 is 10.6 Å². The van der Waals surface area contributed by atoms with Crippen molar-refractivity contribution in [1.82, 2.24) is 9.55 Å². The highest BCUT2D eigenvalue weighted by Gasteiger charge is 2.15. The fourth-order valence-electron chi connectivity index (χ4n) is 3.90. The van der Waals surface area contributed by atoms with Gasteiger partial charge >= 0.3 is 0 Å². The highest BCUT2D eigenvalue weighted by atomic mass is 16.1. The largest absolute Gasteiger partial charge is 0.379 e. The Kier molecular flexibility index (Phi) is 5.60. The topological polar surface area (TPSA) is 59.0 Å². The summed E-state index contributed by atoms with van der Waals surface area (Å²) >= 11 is 0. The number of hydrogen-bond donors (Lipinski definition) is 2. The lowest BCUT2D eigenvalue weighted by Crippen LogP contribution is -2.15. The zero-order valence-corrected chi connectivity index (χ0v) is 18.3. The summed E-state index contributed by atoms with van der Waals surface area (Å²) in [5.41, 5.74) is 5.23. The van der Waals surface area contributed by atoms with E-state index in [4.69, 9.17) is 4.98 Å². The predicted molar refractivity (Wildman–Crippen MR) is 136 cm³/mol. The van der Waals surface area contributed by atoms with E-state index in [1.54, 1.807) is 6.07 Å². The molecule has 0 amide bonds. The third-order valence-corrected chi connectivity index (χ3v) is 5.57. The van der Waals surface area contributed by atoms with Crippen LogP contribution >= 0.6 is 0 Å². The van der Waals surface area contributed by atoms with Gasteiger partial charge in [-0.1, -0.05) is 66.7 Å². The molecule has 0 radical (unpaired) electrons. The minimum atomic E-state index is -0.0779. The number of nitrogens with one attached hydrogen (secondary N) is 2. The Morgan fingerprint density at radius 1 is 0.818 bits per heavy atom. The zero-order valence-electron chi connectivity index (χ0n) is 18.3. The molecule has 0 atom stereocenters. The summed E-state index contributed by atoms with van der Waals surface area (Å²) in [7, 11) is 0. The van der Waals surface area contributed by atoms with Crippen LogP contribution in [0.5, 0.6) is 0 Å². The second kappa shape index (κ2) is 9.01. The van der Waals surface area contributed by atoms with Crippen LogP contribution in [-0.2, 0) is 6.54 Å². The number of hydrogen-bond acceptors (Lipinski definition) is 4. The molecule has 5 nitrogen and oxygen atoms in total. The third-order valence-electron chi connectivity index (χ3n) is 5.57. The summed E-state index contributed by atoms with van der Waals surface area (Å²) in [6.45, 7) is 2.62. The molecule has 5 heteroatoms. The number of benzene rings is 3. The molecule has 2 heterocycles. The van der Waals surface area contributed by atoms with E-state index in [1.165, 1.54) is 5.56 Å². The van der Waals surface area contributed by atoms with Gasteiger partial charge in [-0.3, -0.25) is 9.36 Å². The Balaban J connectivity index is 1.64. The predicted octanol–water partition coefficient (Wildman–Crippen LogP) is 6.05. The number of pyridine rings is 2. The number of para-hydroxylation sites is 2. The van der Waals surface area contributed by atoms with Crippen LogP contribution in [0, 0.1) is 6.92 Å². The first-order valence-electron chi connectivity index (χ1n) is 10.9. The van der Waals surface area contributed by atoms with Gasteiger partial charge in [0.2, 0.25) is 0 Å². The second-order valence-electron chi connectivity index (χ2n) is 7.89. The Bertz CT molecular complexity index is 1450. The van der Waals surface area contributed by atoms with Crippen LogP contribution in [0.4, 0.5) is 17.2 Å². The molecule has 0 fully saturated rings. The van der Waals surface area contributed by atoms with Gasteiger partial charge in [0, 0.05) is 24.0 Å². The molecular formula is C28H24N4O. The summed E-state index contributed by atoms with van der Waals surface area (Å²) in [4.78, 5) is 18.1. The van der Waals surface area contributed by atoms with Crippen LogP contribution in [0.2, 0.25) is 0 Å². The Labute approximate surface area is 192 Å². The Morgan fingerprint density at radius 2 is 1.45 bits per heavy atom. The maximum Gasteiger partial charge on any atom is 0.193 e. The first-order valence-corrected chi connectivity index (χ1v) is 10.9. The van der Waals surface area contributed by atoms with Crippen molar-refractivity contribution in [3.8, 4) is 5.69 Å². The van der Waals surface area contributed by atoms with Crippen molar-refractivity contribution in [2.45, 2.75) is 13.5 Å². The van der Waals surface area contributed by atoms with Crippen molar-refractivity contribution >= 4 is 28.2 Å². The molecule has 5 aromatic rings. The maximum atomic E-state index is 13.2. The lowest BCUT2D eigenvalue weighted by Gasteiger charge is -2.19. The number of aromatic nitrogens is 2. The highest BCUT2D eigenvalue weighted by molar-refractivity contribution is 5.84. The van der Waals surface area contributed by atoms with Crippen LogP contribution in [-0.4, -0.2) is 9.55 Å². The quantitative estimate of drug-likeness (QED) is 0.343. The average Bonchev–Trinajstić information content (AvgIpc) is 2.85. The molecule has 0 aliphatic rings. The van der Waals surface area contributed by atoms with Crippen LogP contribution in [0.15, 0.2) is 108 Å². The molecule has 0 aliphatic heterocycles. The average molecular weight is 433 g/mol. The summed E-state index contributed by atoms with van der Waals surface area (Å²) in [5, 5.41) is 7.40. The zero-order chi connectivity index (χ0) is 22.6. The van der Waals surface area contributed by atoms with E-state index >= 15 is 0 Å². The van der Waals surface area contributed by atoms with Gasteiger partial charge in [0.15, 0.2) is 5.43 Å². The summed E-state index contributed by atoms with van der Waals surface area (Å²) in [6.07, 6.45) is 0. The minimum absolute atomic E-state index is 0.0779. The SMILES string of the molecule is Cc1nc2c(cc1NCc1ccccc1)c(=O)cc(Nc1ccccc1)n2-c1ccccc1.